The summed E-state index contributed by atoms with van der Waals surface area (Å²) in [6.45, 7) is 0. The molecule has 2 rings (SSSR count). The third-order valence-corrected chi connectivity index (χ3v) is 3.37. The Labute approximate surface area is 106 Å². The Kier molecular flexibility index (Phi) is 4.13. The summed E-state index contributed by atoms with van der Waals surface area (Å²) in [4.78, 5) is 7.98. The summed E-state index contributed by atoms with van der Waals surface area (Å²) < 4.78 is 32.6. The standard InChI is InChI=1S/C11H16N2O4S/c1-18(14,15)17-10-5-3-9(4-6-10)16-11-12-7-2-8-13-11/h2,7-10H,3-6H2,1H3/t9-,10+. The van der Waals surface area contributed by atoms with Gasteiger partial charge in [0.2, 0.25) is 0 Å². The smallest absolute Gasteiger partial charge is 0.316 e. The lowest BCUT2D eigenvalue weighted by atomic mass is 9.95. The fourth-order valence-electron chi connectivity index (χ4n) is 1.99. The van der Waals surface area contributed by atoms with Gasteiger partial charge in [-0.2, -0.15) is 8.42 Å². The summed E-state index contributed by atoms with van der Waals surface area (Å²) >= 11 is 0. The molecule has 1 aliphatic carbocycles. The van der Waals surface area contributed by atoms with Gasteiger partial charge in [-0.05, 0) is 31.7 Å². The molecule has 1 heterocycles. The van der Waals surface area contributed by atoms with Crippen LogP contribution in [-0.4, -0.2) is 36.8 Å². The van der Waals surface area contributed by atoms with Gasteiger partial charge in [-0.1, -0.05) is 0 Å². The second kappa shape index (κ2) is 5.62. The zero-order chi connectivity index (χ0) is 13.0. The van der Waals surface area contributed by atoms with E-state index in [1.54, 1.807) is 18.5 Å². The van der Waals surface area contributed by atoms with Gasteiger partial charge in [0.05, 0.1) is 12.4 Å². The van der Waals surface area contributed by atoms with Gasteiger partial charge < -0.3 is 4.74 Å². The third-order valence-electron chi connectivity index (χ3n) is 2.75. The van der Waals surface area contributed by atoms with Crippen molar-refractivity contribution in [2.75, 3.05) is 6.26 Å². The van der Waals surface area contributed by atoms with Crippen molar-refractivity contribution < 1.29 is 17.3 Å². The molecule has 6 nitrogen and oxygen atoms in total. The Morgan fingerprint density at radius 2 is 1.67 bits per heavy atom. The second-order valence-corrected chi connectivity index (χ2v) is 5.95. The Balaban J connectivity index is 1.80. The molecule has 0 unspecified atom stereocenters. The molecule has 0 bridgehead atoms. The summed E-state index contributed by atoms with van der Waals surface area (Å²) in [5.41, 5.74) is 0. The monoisotopic (exact) mass is 272 g/mol. The van der Waals surface area contributed by atoms with Crippen molar-refractivity contribution in [1.82, 2.24) is 9.97 Å². The van der Waals surface area contributed by atoms with Crippen molar-refractivity contribution in [3.05, 3.63) is 18.5 Å². The van der Waals surface area contributed by atoms with Gasteiger partial charge in [-0.15, -0.1) is 0 Å². The molecule has 7 heteroatoms. The van der Waals surface area contributed by atoms with E-state index in [2.05, 4.69) is 9.97 Å². The Hall–Kier alpha value is -1.21. The van der Waals surface area contributed by atoms with Crippen LogP contribution in [0.25, 0.3) is 0 Å². The van der Waals surface area contributed by atoms with Crippen LogP contribution in [0.1, 0.15) is 25.7 Å². The van der Waals surface area contributed by atoms with E-state index in [4.69, 9.17) is 8.92 Å². The van der Waals surface area contributed by atoms with Crippen molar-refractivity contribution in [1.29, 1.82) is 0 Å². The molecular weight excluding hydrogens is 256 g/mol. The van der Waals surface area contributed by atoms with Crippen LogP contribution >= 0.6 is 0 Å². The number of hydrogen-bond acceptors (Lipinski definition) is 6. The zero-order valence-corrected chi connectivity index (χ0v) is 11.0. The van der Waals surface area contributed by atoms with Gasteiger partial charge in [-0.3, -0.25) is 4.18 Å². The van der Waals surface area contributed by atoms with E-state index in [0.717, 1.165) is 19.1 Å². The summed E-state index contributed by atoms with van der Waals surface area (Å²) in [5.74, 6) is 0. The van der Waals surface area contributed by atoms with Crippen LogP contribution < -0.4 is 4.74 Å². The van der Waals surface area contributed by atoms with Gasteiger partial charge in [0.15, 0.2) is 0 Å². The van der Waals surface area contributed by atoms with E-state index < -0.39 is 10.1 Å². The molecule has 0 radical (unpaired) electrons. The molecule has 1 aliphatic rings. The lowest BCUT2D eigenvalue weighted by Crippen LogP contribution is -2.30. The molecular formula is C11H16N2O4S. The van der Waals surface area contributed by atoms with Crippen LogP contribution in [0.2, 0.25) is 0 Å². The van der Waals surface area contributed by atoms with Crippen LogP contribution in [0.5, 0.6) is 6.01 Å². The van der Waals surface area contributed by atoms with Crippen molar-refractivity contribution in [3.8, 4) is 6.01 Å². The molecule has 0 amide bonds. The minimum absolute atomic E-state index is 0.0341. The molecule has 0 aromatic carbocycles. The van der Waals surface area contributed by atoms with Crippen molar-refractivity contribution in [2.45, 2.75) is 37.9 Å². The minimum Gasteiger partial charge on any atom is -0.460 e. The minimum atomic E-state index is -3.37. The SMILES string of the molecule is CS(=O)(=O)O[C@H]1CC[C@@H](Oc2ncccn2)CC1. The molecule has 1 aromatic rings. The van der Waals surface area contributed by atoms with Crippen molar-refractivity contribution >= 4 is 10.1 Å². The molecule has 1 aromatic heterocycles. The Morgan fingerprint density at radius 3 is 2.22 bits per heavy atom. The van der Waals surface area contributed by atoms with Gasteiger partial charge in [0, 0.05) is 12.4 Å². The Morgan fingerprint density at radius 1 is 1.11 bits per heavy atom. The van der Waals surface area contributed by atoms with E-state index in [-0.39, 0.29) is 12.2 Å². The maximum Gasteiger partial charge on any atom is 0.316 e. The fourth-order valence-corrected chi connectivity index (χ4v) is 2.68. The van der Waals surface area contributed by atoms with Crippen molar-refractivity contribution in [3.63, 3.8) is 0 Å². The third kappa shape index (κ3) is 4.23. The van der Waals surface area contributed by atoms with E-state index in [0.29, 0.717) is 18.9 Å². The number of rotatable bonds is 4. The topological polar surface area (TPSA) is 78.4 Å². The average molecular weight is 272 g/mol. The van der Waals surface area contributed by atoms with Gasteiger partial charge in [-0.25, -0.2) is 9.97 Å². The molecule has 1 saturated carbocycles. The van der Waals surface area contributed by atoms with Crippen molar-refractivity contribution in [2.24, 2.45) is 0 Å². The van der Waals surface area contributed by atoms with Gasteiger partial charge >= 0.3 is 6.01 Å². The number of hydrogen-bond donors (Lipinski definition) is 0. The van der Waals surface area contributed by atoms with Crippen LogP contribution in [0, 0.1) is 0 Å². The van der Waals surface area contributed by atoms with Crippen LogP contribution in [-0.2, 0) is 14.3 Å². The highest BCUT2D eigenvalue weighted by molar-refractivity contribution is 7.86. The van der Waals surface area contributed by atoms with Crippen LogP contribution in [0.3, 0.4) is 0 Å². The first-order chi connectivity index (χ1) is 8.53. The summed E-state index contributed by atoms with van der Waals surface area (Å²) in [5, 5.41) is 0. The molecule has 0 saturated heterocycles. The first-order valence-electron chi connectivity index (χ1n) is 5.85. The predicted octanol–water partition coefficient (Wildman–Crippen LogP) is 1.14. The fraction of sp³-hybridized carbons (Fsp3) is 0.636. The first-order valence-corrected chi connectivity index (χ1v) is 7.66. The lowest BCUT2D eigenvalue weighted by Gasteiger charge is -2.27. The quantitative estimate of drug-likeness (QED) is 0.765. The second-order valence-electron chi connectivity index (χ2n) is 4.35. The van der Waals surface area contributed by atoms with E-state index in [1.165, 1.54) is 0 Å². The normalized spacial score (nSPS) is 24.7. The van der Waals surface area contributed by atoms with E-state index in [1.807, 2.05) is 0 Å². The highest BCUT2D eigenvalue weighted by Gasteiger charge is 2.25. The maximum atomic E-state index is 11.0. The number of aromatic nitrogens is 2. The van der Waals surface area contributed by atoms with Gasteiger partial charge in [0.25, 0.3) is 10.1 Å². The summed E-state index contributed by atoms with van der Waals surface area (Å²) in [6.07, 6.45) is 6.98. The molecule has 0 aliphatic heterocycles. The van der Waals surface area contributed by atoms with Crippen LogP contribution in [0.4, 0.5) is 0 Å². The zero-order valence-electron chi connectivity index (χ0n) is 10.2. The lowest BCUT2D eigenvalue weighted by molar-refractivity contribution is 0.0787. The molecule has 0 atom stereocenters. The Bertz CT molecular complexity index is 469. The molecule has 0 N–H and O–H groups in total. The summed E-state index contributed by atoms with van der Waals surface area (Å²) in [7, 11) is -3.37. The largest absolute Gasteiger partial charge is 0.460 e. The van der Waals surface area contributed by atoms with Gasteiger partial charge in [0.1, 0.15) is 6.10 Å². The first kappa shape index (κ1) is 13.2. The average Bonchev–Trinajstić information content (AvgIpc) is 2.31. The highest BCUT2D eigenvalue weighted by atomic mass is 32.2. The van der Waals surface area contributed by atoms with E-state index >= 15 is 0 Å². The summed E-state index contributed by atoms with van der Waals surface area (Å²) in [6, 6.07) is 2.09. The molecule has 100 valence electrons. The maximum absolute atomic E-state index is 11.0. The molecule has 0 spiro atoms. The highest BCUT2D eigenvalue weighted by Crippen LogP contribution is 2.24. The van der Waals surface area contributed by atoms with E-state index in [9.17, 15) is 8.42 Å². The molecule has 18 heavy (non-hydrogen) atoms. The molecule has 1 fully saturated rings. The number of nitrogens with zero attached hydrogens (tertiary/aromatic N) is 2. The predicted molar refractivity (Wildman–Crippen MR) is 64.6 cm³/mol. The van der Waals surface area contributed by atoms with Crippen LogP contribution in [0.15, 0.2) is 18.5 Å². The number of ether oxygens (including phenoxy) is 1.